The molecule has 64 heavy (non-hydrogen) atoms. The zero-order chi connectivity index (χ0) is 46.3. The van der Waals surface area contributed by atoms with Crippen molar-refractivity contribution in [2.45, 2.75) is 24.5 Å². The van der Waals surface area contributed by atoms with Gasteiger partial charge in [0.25, 0.3) is 5.91 Å². The van der Waals surface area contributed by atoms with Crippen molar-refractivity contribution in [3.63, 3.8) is 0 Å². The molecule has 26 nitrogen and oxygen atoms in total. The Labute approximate surface area is 361 Å². The number of nitrogen functional groups attached to an aromatic ring is 1. The zero-order valence-corrected chi connectivity index (χ0v) is 35.4. The van der Waals surface area contributed by atoms with E-state index in [-0.39, 0.29) is 69.3 Å². The highest BCUT2D eigenvalue weighted by Gasteiger charge is 2.49. The summed E-state index contributed by atoms with van der Waals surface area (Å²) in [5, 5.41) is 36.8. The zero-order valence-electron chi connectivity index (χ0n) is 31.9. The lowest BCUT2D eigenvalue weighted by atomic mass is 9.90. The average molecular weight is 968 g/mol. The fraction of sp³-hybridized carbons (Fsp3) is 0.206. The lowest BCUT2D eigenvalue weighted by Crippen LogP contribution is -2.41. The van der Waals surface area contributed by atoms with Crippen LogP contribution in [-0.4, -0.2) is 110 Å². The number of hydrogen-bond acceptors (Lipinski definition) is 19. The number of aromatic hydroxyl groups is 1. The van der Waals surface area contributed by atoms with Gasteiger partial charge >= 0.3 is 34.4 Å². The highest BCUT2D eigenvalue weighted by atomic mass is 32.5. The molecule has 11 N–H and O–H groups in total. The summed E-state index contributed by atoms with van der Waals surface area (Å²) in [5.41, 5.74) is 6.31. The smallest absolute Gasteiger partial charge is 0.488 e. The quantitative estimate of drug-likeness (QED) is 0.0399. The van der Waals surface area contributed by atoms with Crippen molar-refractivity contribution in [2.75, 3.05) is 25.4 Å². The summed E-state index contributed by atoms with van der Waals surface area (Å²) >= 11 is 4.05. The van der Waals surface area contributed by atoms with Gasteiger partial charge < -0.3 is 65.2 Å². The Morgan fingerprint density at radius 3 is 2.39 bits per heavy atom. The van der Waals surface area contributed by atoms with Crippen molar-refractivity contribution >= 4 is 80.1 Å². The molecule has 1 fully saturated rings. The number of alkyl carbamates (subject to hydrolysis) is 1. The summed E-state index contributed by atoms with van der Waals surface area (Å²) in [6, 6.07) is 12.1. The van der Waals surface area contributed by atoms with E-state index in [1.54, 1.807) is 0 Å². The molecule has 0 spiro atoms. The van der Waals surface area contributed by atoms with Crippen LogP contribution in [0.15, 0.2) is 76.5 Å². The monoisotopic (exact) mass is 967 g/mol. The number of carbonyl (C=O) groups excluding carboxylic acids is 2. The molecule has 2 aliphatic heterocycles. The molecular formula is C34H32N7O19P3S. The number of rotatable bonds is 15. The third kappa shape index (κ3) is 10.3. The summed E-state index contributed by atoms with van der Waals surface area (Å²) in [6.45, 7) is -6.48. The van der Waals surface area contributed by atoms with Crippen molar-refractivity contribution < 1.29 is 85.4 Å². The number of phosphoric ester groups is 1. The van der Waals surface area contributed by atoms with Gasteiger partial charge in [0.05, 0.1) is 18.5 Å². The fourth-order valence-corrected chi connectivity index (χ4v) is 10.4. The number of benzene rings is 3. The number of nitrogens with two attached hydrogens (primary N) is 1. The summed E-state index contributed by atoms with van der Waals surface area (Å²) in [7, 11) is -11.3. The number of aromatic carboxylic acids is 1. The van der Waals surface area contributed by atoms with Gasteiger partial charge in [0.2, 0.25) is 0 Å². The third-order valence-electron chi connectivity index (χ3n) is 9.17. The van der Waals surface area contributed by atoms with Crippen LogP contribution in [0.2, 0.25) is 0 Å². The van der Waals surface area contributed by atoms with Crippen molar-refractivity contribution in [2.24, 2.45) is 0 Å². The average Bonchev–Trinajstić information content (AvgIpc) is 3.77. The highest BCUT2D eigenvalue weighted by Crippen LogP contribution is 2.66. The van der Waals surface area contributed by atoms with Crippen LogP contribution in [0.5, 0.6) is 5.75 Å². The van der Waals surface area contributed by atoms with Crippen molar-refractivity contribution in [3.8, 4) is 28.2 Å². The number of phenols is 1. The fourth-order valence-electron chi connectivity index (χ4n) is 6.57. The van der Waals surface area contributed by atoms with Crippen molar-refractivity contribution in [1.29, 1.82) is 0 Å². The van der Waals surface area contributed by atoms with Crippen LogP contribution in [0.4, 0.5) is 10.6 Å². The number of carboxylic acid groups (broad SMARTS) is 1. The van der Waals surface area contributed by atoms with E-state index in [0.717, 1.165) is 18.7 Å². The Hall–Kier alpha value is -5.76. The molecule has 4 aromatic rings. The van der Waals surface area contributed by atoms with Gasteiger partial charge in [0.1, 0.15) is 41.1 Å². The number of amides is 2. The molecule has 0 radical (unpaired) electrons. The van der Waals surface area contributed by atoms with E-state index < -0.39 is 71.5 Å². The Bertz CT molecular complexity index is 3000. The molecule has 2 amide bonds. The lowest BCUT2D eigenvalue weighted by molar-refractivity contribution is -0.0522. The second-order valence-electron chi connectivity index (χ2n) is 13.5. The van der Waals surface area contributed by atoms with E-state index in [2.05, 4.69) is 50.5 Å². The summed E-state index contributed by atoms with van der Waals surface area (Å²) in [6.07, 6.45) is -5.68. The number of phenolic OH excluding ortho intramolecular Hbond substituents is 1. The van der Waals surface area contributed by atoms with Gasteiger partial charge in [-0.3, -0.25) is 18.7 Å². The van der Waals surface area contributed by atoms with Gasteiger partial charge in [-0.15, -0.1) is 0 Å². The summed E-state index contributed by atoms with van der Waals surface area (Å²) < 4.78 is 55.1. The first-order valence-electron chi connectivity index (χ1n) is 17.9. The largest absolute Gasteiger partial charge is 0.508 e. The molecule has 30 heteroatoms. The number of aliphatic hydroxyl groups excluding tert-OH is 1. The highest BCUT2D eigenvalue weighted by molar-refractivity contribution is 8.08. The van der Waals surface area contributed by atoms with Gasteiger partial charge in [-0.25, -0.2) is 38.0 Å². The number of fused-ring (bicyclic) bond motifs is 3. The number of hydrogen-bond donors (Lipinski definition) is 10. The SMILES string of the molecule is Nc1ncnc2c1ncn2[C@@H]1O[C@H](COP(=O)(O)OP(=O)(O)OP(O)(O)=S)[C@@H](O)[C@H]1OC(=O)NCCNC(=O)c1ccc(-c2c3ccc(=O)cc-3oc3cc(O)ccc23)c(C(=O)O)c1. The van der Waals surface area contributed by atoms with Crippen LogP contribution < -0.4 is 21.8 Å². The number of anilines is 1. The maximum atomic E-state index is 13.2. The number of imidazole rings is 1. The predicted octanol–water partition coefficient (Wildman–Crippen LogP) is 1.93. The number of aromatic nitrogens is 4. The minimum absolute atomic E-state index is 0.0273. The third-order valence-corrected chi connectivity index (χ3v) is 13.6. The van der Waals surface area contributed by atoms with Crippen LogP contribution in [0.1, 0.15) is 26.9 Å². The van der Waals surface area contributed by atoms with Gasteiger partial charge in [0, 0.05) is 47.3 Å². The Balaban J connectivity index is 1.03. The van der Waals surface area contributed by atoms with Gasteiger partial charge in [-0.1, -0.05) is 6.07 Å². The molecule has 1 aliphatic carbocycles. The van der Waals surface area contributed by atoms with Crippen LogP contribution in [0, 0.1) is 0 Å². The molecule has 2 aromatic heterocycles. The maximum absolute atomic E-state index is 13.2. The first kappa shape index (κ1) is 46.2. The number of aliphatic hydroxyl groups is 1. The minimum Gasteiger partial charge on any atom is -0.508 e. The lowest BCUT2D eigenvalue weighted by Gasteiger charge is -2.22. The molecule has 0 bridgehead atoms. The summed E-state index contributed by atoms with van der Waals surface area (Å²) in [5.74, 6) is -2.21. The van der Waals surface area contributed by atoms with Gasteiger partial charge in [0.15, 0.2) is 29.2 Å². The molecule has 3 aliphatic rings. The molecular weight excluding hydrogens is 935 g/mol. The Morgan fingerprint density at radius 2 is 1.66 bits per heavy atom. The van der Waals surface area contributed by atoms with E-state index in [9.17, 15) is 53.4 Å². The molecule has 7 rings (SSSR count). The molecule has 0 saturated carbocycles. The standard InChI is InChI=1S/C34H32N7O19P3S/c35-29-26-30(39-13-38-29)41(14-40-26)32-28(27(44)24(57-32)12-55-61(49,50)59-62(51,52)60-63(53,54)64)58-34(48)37-8-7-36-31(45)15-1-4-18(21(9-15)33(46)47)25-19-5-2-16(42)10-22(19)56-23-11-17(43)3-6-20(23)25/h1-6,9-11,13-14,24,27-28,32,42,44H,7-8,12H2,(H,36,45)(H,37,48)(H,46,47)(H,49,50)(H,51,52)(H2,35,38,39)(H2,53,54,64)/t24-,27-,28-,32-/m1/s1. The van der Waals surface area contributed by atoms with E-state index in [4.69, 9.17) is 29.4 Å². The number of carboxylic acids is 1. The molecule has 2 unspecified atom stereocenters. The Kier molecular flexibility index (Phi) is 13.0. The second-order valence-corrected chi connectivity index (χ2v) is 19.3. The number of nitrogens with zero attached hydrogens (tertiary/aromatic N) is 4. The first-order valence-corrected chi connectivity index (χ1v) is 23.6. The Morgan fingerprint density at radius 1 is 0.922 bits per heavy atom. The molecule has 6 atom stereocenters. The van der Waals surface area contributed by atoms with Crippen LogP contribution >= 0.6 is 22.4 Å². The number of phosphoric acid groups is 2. The summed E-state index contributed by atoms with van der Waals surface area (Å²) in [4.78, 5) is 101. The van der Waals surface area contributed by atoms with Crippen molar-refractivity contribution in [1.82, 2.24) is 30.2 Å². The van der Waals surface area contributed by atoms with Gasteiger partial charge in [-0.05, 0) is 53.8 Å². The van der Waals surface area contributed by atoms with E-state index >= 15 is 0 Å². The van der Waals surface area contributed by atoms with E-state index in [1.165, 1.54) is 53.1 Å². The second kappa shape index (κ2) is 18.0. The van der Waals surface area contributed by atoms with Crippen LogP contribution in [-0.2, 0) is 43.6 Å². The normalized spacial score (nSPS) is 19.6. The topological polar surface area (TPSA) is 397 Å². The number of ether oxygens (including phenoxy) is 2. The number of nitrogens with one attached hydrogen (secondary N) is 2. The molecule has 1 saturated heterocycles. The van der Waals surface area contributed by atoms with E-state index in [1.807, 2.05) is 0 Å². The number of carbonyl (C=O) groups is 3. The molecule has 2 aromatic carbocycles. The molecule has 4 heterocycles. The first-order chi connectivity index (χ1) is 30.1. The predicted molar refractivity (Wildman–Crippen MR) is 220 cm³/mol. The minimum atomic E-state index is -5.68. The van der Waals surface area contributed by atoms with Crippen LogP contribution in [0.3, 0.4) is 0 Å². The van der Waals surface area contributed by atoms with Crippen molar-refractivity contribution in [3.05, 3.63) is 88.6 Å². The maximum Gasteiger partial charge on any atom is 0.488 e. The van der Waals surface area contributed by atoms with Gasteiger partial charge in [-0.2, -0.15) is 4.31 Å². The molecule has 338 valence electrons. The van der Waals surface area contributed by atoms with Crippen LogP contribution in [0.25, 0.3) is 44.6 Å². The van der Waals surface area contributed by atoms with E-state index in [0.29, 0.717) is 16.5 Å².